The van der Waals surface area contributed by atoms with E-state index < -0.39 is 4.92 Å². The summed E-state index contributed by atoms with van der Waals surface area (Å²) in [6.07, 6.45) is 0.842. The van der Waals surface area contributed by atoms with Crippen molar-refractivity contribution in [1.29, 1.82) is 0 Å². The highest BCUT2D eigenvalue weighted by Gasteiger charge is 2.21. The van der Waals surface area contributed by atoms with Crippen LogP contribution in [0.1, 0.15) is 37.6 Å². The van der Waals surface area contributed by atoms with Crippen LogP contribution in [-0.2, 0) is 0 Å². The first-order valence-corrected chi connectivity index (χ1v) is 6.51. The molecule has 19 heavy (non-hydrogen) atoms. The third kappa shape index (κ3) is 3.67. The molecule has 1 rings (SSSR count). The van der Waals surface area contributed by atoms with Gasteiger partial charge in [0.15, 0.2) is 0 Å². The van der Waals surface area contributed by atoms with Crippen LogP contribution in [0.5, 0.6) is 0 Å². The van der Waals surface area contributed by atoms with E-state index >= 15 is 0 Å². The molecule has 0 aromatic heterocycles. The second-order valence-electron chi connectivity index (χ2n) is 4.51. The van der Waals surface area contributed by atoms with Crippen molar-refractivity contribution in [2.24, 2.45) is 0 Å². The van der Waals surface area contributed by atoms with Gasteiger partial charge in [-0.25, -0.2) is 0 Å². The minimum Gasteiger partial charge on any atom is -0.336 e. The first-order valence-electron chi connectivity index (χ1n) is 6.13. The Balaban J connectivity index is 3.08. The van der Waals surface area contributed by atoms with E-state index in [4.69, 9.17) is 11.6 Å². The highest BCUT2D eigenvalue weighted by Crippen LogP contribution is 2.24. The summed E-state index contributed by atoms with van der Waals surface area (Å²) in [6.45, 7) is 6.46. The second kappa shape index (κ2) is 6.52. The van der Waals surface area contributed by atoms with E-state index in [9.17, 15) is 14.9 Å². The molecule has 0 unspecified atom stereocenters. The van der Waals surface area contributed by atoms with Gasteiger partial charge in [0.2, 0.25) is 0 Å². The maximum Gasteiger partial charge on any atom is 0.270 e. The number of non-ortho nitro benzene ring substituents is 1. The van der Waals surface area contributed by atoms with Crippen LogP contribution in [0, 0.1) is 10.1 Å². The van der Waals surface area contributed by atoms with Crippen LogP contribution in [0.4, 0.5) is 5.69 Å². The minimum atomic E-state index is -0.535. The zero-order chi connectivity index (χ0) is 14.6. The van der Waals surface area contributed by atoms with Crippen LogP contribution >= 0.6 is 11.6 Å². The molecular formula is C13H17ClN2O3. The molecular weight excluding hydrogens is 268 g/mol. The largest absolute Gasteiger partial charge is 0.336 e. The SMILES string of the molecule is CCCN(C(=O)c1ccc([N+](=O)[O-])cc1Cl)C(C)C. The predicted octanol–water partition coefficient (Wildman–Crippen LogP) is 3.51. The van der Waals surface area contributed by atoms with Gasteiger partial charge in [-0.3, -0.25) is 14.9 Å². The molecule has 1 amide bonds. The van der Waals surface area contributed by atoms with E-state index in [0.717, 1.165) is 6.42 Å². The predicted molar refractivity (Wildman–Crippen MR) is 74.6 cm³/mol. The molecule has 1 aromatic carbocycles. The summed E-state index contributed by atoms with van der Waals surface area (Å²) >= 11 is 5.97. The number of nitro benzene ring substituents is 1. The van der Waals surface area contributed by atoms with Gasteiger partial charge in [-0.05, 0) is 26.3 Å². The summed E-state index contributed by atoms with van der Waals surface area (Å²) in [7, 11) is 0. The number of amides is 1. The first kappa shape index (κ1) is 15.4. The van der Waals surface area contributed by atoms with Crippen LogP contribution in [-0.4, -0.2) is 28.3 Å². The molecule has 0 heterocycles. The zero-order valence-electron chi connectivity index (χ0n) is 11.2. The molecule has 0 aliphatic carbocycles. The Morgan fingerprint density at radius 2 is 2.11 bits per heavy atom. The van der Waals surface area contributed by atoms with Gasteiger partial charge in [-0.1, -0.05) is 18.5 Å². The highest BCUT2D eigenvalue weighted by atomic mass is 35.5. The molecule has 0 spiro atoms. The molecule has 0 aliphatic heterocycles. The Bertz CT molecular complexity index is 489. The van der Waals surface area contributed by atoms with Gasteiger partial charge >= 0.3 is 0 Å². The molecule has 0 bridgehead atoms. The van der Waals surface area contributed by atoms with Crippen molar-refractivity contribution in [3.63, 3.8) is 0 Å². The van der Waals surface area contributed by atoms with Crippen molar-refractivity contribution < 1.29 is 9.72 Å². The lowest BCUT2D eigenvalue weighted by Crippen LogP contribution is -2.37. The molecule has 0 saturated heterocycles. The van der Waals surface area contributed by atoms with Crippen molar-refractivity contribution in [3.8, 4) is 0 Å². The summed E-state index contributed by atoms with van der Waals surface area (Å²) in [6, 6.07) is 3.97. The molecule has 0 N–H and O–H groups in total. The third-order valence-electron chi connectivity index (χ3n) is 2.74. The summed E-state index contributed by atoms with van der Waals surface area (Å²) in [5.74, 6) is -0.197. The van der Waals surface area contributed by atoms with Gasteiger partial charge in [0, 0.05) is 24.7 Å². The number of carbonyl (C=O) groups is 1. The number of hydrogen-bond donors (Lipinski definition) is 0. The summed E-state index contributed by atoms with van der Waals surface area (Å²) in [4.78, 5) is 24.1. The van der Waals surface area contributed by atoms with E-state index in [1.54, 1.807) is 4.90 Å². The van der Waals surface area contributed by atoms with E-state index in [2.05, 4.69) is 0 Å². The minimum absolute atomic E-state index is 0.0544. The maximum absolute atomic E-state index is 12.3. The number of benzene rings is 1. The highest BCUT2D eigenvalue weighted by molar-refractivity contribution is 6.34. The number of halogens is 1. The Labute approximate surface area is 117 Å². The Hall–Kier alpha value is -1.62. The lowest BCUT2D eigenvalue weighted by molar-refractivity contribution is -0.384. The van der Waals surface area contributed by atoms with Gasteiger partial charge in [-0.15, -0.1) is 0 Å². The van der Waals surface area contributed by atoms with Crippen LogP contribution in [0.3, 0.4) is 0 Å². The smallest absolute Gasteiger partial charge is 0.270 e. The average Bonchev–Trinajstić information content (AvgIpc) is 2.34. The number of nitro groups is 1. The van der Waals surface area contributed by atoms with E-state index in [0.29, 0.717) is 12.1 Å². The van der Waals surface area contributed by atoms with Gasteiger partial charge in [-0.2, -0.15) is 0 Å². The van der Waals surface area contributed by atoms with Crippen molar-refractivity contribution in [1.82, 2.24) is 4.90 Å². The number of nitrogens with zero attached hydrogens (tertiary/aromatic N) is 2. The fourth-order valence-corrected chi connectivity index (χ4v) is 2.04. The topological polar surface area (TPSA) is 63.5 Å². The fraction of sp³-hybridized carbons (Fsp3) is 0.462. The molecule has 6 heteroatoms. The molecule has 1 aromatic rings. The lowest BCUT2D eigenvalue weighted by atomic mass is 10.1. The molecule has 0 atom stereocenters. The van der Waals surface area contributed by atoms with Gasteiger partial charge < -0.3 is 4.90 Å². The van der Waals surface area contributed by atoms with Crippen molar-refractivity contribution >= 4 is 23.2 Å². The summed E-state index contributed by atoms with van der Waals surface area (Å²) < 4.78 is 0. The average molecular weight is 285 g/mol. The fourth-order valence-electron chi connectivity index (χ4n) is 1.78. The van der Waals surface area contributed by atoms with Crippen molar-refractivity contribution in [2.75, 3.05) is 6.54 Å². The van der Waals surface area contributed by atoms with E-state index in [1.165, 1.54) is 18.2 Å². The molecule has 0 saturated carbocycles. The maximum atomic E-state index is 12.3. The molecule has 0 radical (unpaired) electrons. The van der Waals surface area contributed by atoms with Crippen molar-refractivity contribution in [2.45, 2.75) is 33.2 Å². The van der Waals surface area contributed by atoms with E-state index in [1.807, 2.05) is 20.8 Å². The first-order chi connectivity index (χ1) is 8.88. The third-order valence-corrected chi connectivity index (χ3v) is 3.06. The molecule has 104 valence electrons. The normalized spacial score (nSPS) is 10.6. The van der Waals surface area contributed by atoms with E-state index in [-0.39, 0.29) is 22.7 Å². The number of rotatable bonds is 5. The van der Waals surface area contributed by atoms with Gasteiger partial charge in [0.25, 0.3) is 11.6 Å². The van der Waals surface area contributed by atoms with Crippen LogP contribution < -0.4 is 0 Å². The van der Waals surface area contributed by atoms with Gasteiger partial charge in [0.05, 0.1) is 15.5 Å². The van der Waals surface area contributed by atoms with Crippen molar-refractivity contribution in [3.05, 3.63) is 38.9 Å². The zero-order valence-corrected chi connectivity index (χ0v) is 12.0. The summed E-state index contributed by atoms with van der Waals surface area (Å²) in [5, 5.41) is 10.7. The Morgan fingerprint density at radius 1 is 1.47 bits per heavy atom. The molecule has 0 fully saturated rings. The Kier molecular flexibility index (Phi) is 5.30. The monoisotopic (exact) mass is 284 g/mol. The quantitative estimate of drug-likeness (QED) is 0.614. The van der Waals surface area contributed by atoms with Crippen LogP contribution in [0.25, 0.3) is 0 Å². The van der Waals surface area contributed by atoms with Crippen LogP contribution in [0.2, 0.25) is 5.02 Å². The lowest BCUT2D eigenvalue weighted by Gasteiger charge is -2.26. The van der Waals surface area contributed by atoms with Crippen LogP contribution in [0.15, 0.2) is 18.2 Å². The standard InChI is InChI=1S/C13H17ClN2O3/c1-4-7-15(9(2)3)13(17)11-6-5-10(16(18)19)8-12(11)14/h5-6,8-9H,4,7H2,1-3H3. The number of hydrogen-bond acceptors (Lipinski definition) is 3. The molecule has 0 aliphatic rings. The number of carbonyl (C=O) groups excluding carboxylic acids is 1. The molecule has 5 nitrogen and oxygen atoms in total. The Morgan fingerprint density at radius 3 is 2.53 bits per heavy atom. The second-order valence-corrected chi connectivity index (χ2v) is 4.92. The van der Waals surface area contributed by atoms with Gasteiger partial charge in [0.1, 0.15) is 0 Å². The summed E-state index contributed by atoms with van der Waals surface area (Å²) in [5.41, 5.74) is 0.183.